The second-order valence-corrected chi connectivity index (χ2v) is 7.24. The lowest BCUT2D eigenvalue weighted by molar-refractivity contribution is -0.149. The van der Waals surface area contributed by atoms with Crippen molar-refractivity contribution < 1.29 is 19.1 Å². The van der Waals surface area contributed by atoms with E-state index < -0.39 is 12.0 Å². The molecule has 0 radical (unpaired) electrons. The topological polar surface area (TPSA) is 84.5 Å². The molecule has 0 heterocycles. The van der Waals surface area contributed by atoms with Crippen LogP contribution in [0.2, 0.25) is 0 Å². The van der Waals surface area contributed by atoms with Crippen LogP contribution >= 0.6 is 0 Å². The maximum atomic E-state index is 12.3. The third-order valence-electron chi connectivity index (χ3n) is 5.02. The minimum Gasteiger partial charge on any atom is -0.456 e. The molecule has 0 bridgehead atoms. The van der Waals surface area contributed by atoms with Crippen LogP contribution < -0.4 is 10.6 Å². The van der Waals surface area contributed by atoms with E-state index >= 15 is 0 Å². The Hall–Kier alpha value is -3.15. The molecule has 0 aliphatic heterocycles. The van der Waals surface area contributed by atoms with Gasteiger partial charge in [-0.3, -0.25) is 14.4 Å². The summed E-state index contributed by atoms with van der Waals surface area (Å²) >= 11 is 0. The Kier molecular flexibility index (Phi) is 7.00. The molecule has 0 unspecified atom stereocenters. The third-order valence-corrected chi connectivity index (χ3v) is 5.02. The van der Waals surface area contributed by atoms with Gasteiger partial charge in [0, 0.05) is 6.92 Å². The zero-order valence-electron chi connectivity index (χ0n) is 16.5. The van der Waals surface area contributed by atoms with E-state index in [0.29, 0.717) is 0 Å². The van der Waals surface area contributed by atoms with Crippen LogP contribution in [0, 0.1) is 0 Å². The zero-order chi connectivity index (χ0) is 20.6. The molecule has 0 spiro atoms. The number of esters is 1. The second-order valence-electron chi connectivity index (χ2n) is 7.24. The van der Waals surface area contributed by atoms with Crippen LogP contribution in [0.25, 0.3) is 0 Å². The summed E-state index contributed by atoms with van der Waals surface area (Å²) in [5.41, 5.74) is 3.19. The number of carbonyl (C=O) groups is 3. The summed E-state index contributed by atoms with van der Waals surface area (Å²) in [4.78, 5) is 36.0. The van der Waals surface area contributed by atoms with E-state index in [2.05, 4.69) is 16.7 Å². The first-order valence-electron chi connectivity index (χ1n) is 9.88. The molecule has 152 valence electrons. The van der Waals surface area contributed by atoms with Gasteiger partial charge in [-0.1, -0.05) is 54.6 Å². The lowest BCUT2D eigenvalue weighted by atomic mass is 9.88. The van der Waals surface area contributed by atoms with E-state index in [4.69, 9.17) is 4.74 Å². The number of aryl methyl sites for hydroxylation is 1. The van der Waals surface area contributed by atoms with E-state index in [9.17, 15) is 14.4 Å². The largest absolute Gasteiger partial charge is 0.456 e. The Balaban J connectivity index is 1.52. The van der Waals surface area contributed by atoms with E-state index in [1.807, 2.05) is 48.5 Å². The number of hydrogen-bond acceptors (Lipinski definition) is 4. The highest BCUT2D eigenvalue weighted by Gasteiger charge is 2.23. The van der Waals surface area contributed by atoms with Gasteiger partial charge >= 0.3 is 5.97 Å². The molecule has 3 rings (SSSR count). The van der Waals surface area contributed by atoms with Crippen LogP contribution in [0.4, 0.5) is 0 Å². The number of fused-ring (bicyclic) bond motifs is 1. The standard InChI is InChI=1S/C23H26N2O4/c1-16(26)24-21(18-9-3-2-4-10-18)14-23(28)29-15-22(27)25-20-13-7-11-17-8-5-6-12-19(17)20/h2-6,8-10,12,20-21H,7,11,13-15H2,1H3,(H,24,26)(H,25,27)/t20-,21+/m0/s1. The van der Waals surface area contributed by atoms with Crippen LogP contribution in [-0.2, 0) is 25.5 Å². The average molecular weight is 394 g/mol. The van der Waals surface area contributed by atoms with E-state index in [1.54, 1.807) is 0 Å². The number of amides is 2. The van der Waals surface area contributed by atoms with Gasteiger partial charge in [-0.25, -0.2) is 0 Å². The minimum absolute atomic E-state index is 0.0386. The lowest BCUT2D eigenvalue weighted by Gasteiger charge is -2.26. The van der Waals surface area contributed by atoms with Gasteiger partial charge in [0.05, 0.1) is 18.5 Å². The Bertz CT molecular complexity index is 866. The van der Waals surface area contributed by atoms with Gasteiger partial charge in [0.15, 0.2) is 6.61 Å². The molecule has 29 heavy (non-hydrogen) atoms. The highest BCUT2D eigenvalue weighted by atomic mass is 16.5. The fourth-order valence-corrected chi connectivity index (χ4v) is 3.69. The van der Waals surface area contributed by atoms with Crippen molar-refractivity contribution >= 4 is 17.8 Å². The molecule has 2 atom stereocenters. The molecule has 2 N–H and O–H groups in total. The monoisotopic (exact) mass is 394 g/mol. The van der Waals surface area contributed by atoms with Crippen molar-refractivity contribution in [2.45, 2.75) is 44.7 Å². The number of ether oxygens (including phenoxy) is 1. The summed E-state index contributed by atoms with van der Waals surface area (Å²) in [6.45, 7) is 1.07. The highest BCUT2D eigenvalue weighted by molar-refractivity contribution is 5.81. The number of carbonyl (C=O) groups excluding carboxylic acids is 3. The van der Waals surface area contributed by atoms with E-state index in [1.165, 1.54) is 12.5 Å². The Morgan fingerprint density at radius 2 is 1.79 bits per heavy atom. The Morgan fingerprint density at radius 3 is 2.55 bits per heavy atom. The van der Waals surface area contributed by atoms with Gasteiger partial charge in [-0.05, 0) is 36.0 Å². The molecule has 0 fully saturated rings. The summed E-state index contributed by atoms with van der Waals surface area (Å²) in [6, 6.07) is 16.7. The summed E-state index contributed by atoms with van der Waals surface area (Å²) < 4.78 is 5.16. The van der Waals surface area contributed by atoms with E-state index in [0.717, 1.165) is 30.4 Å². The van der Waals surface area contributed by atoms with Gasteiger partial charge in [0.25, 0.3) is 5.91 Å². The molecule has 0 saturated heterocycles. The maximum Gasteiger partial charge on any atom is 0.308 e. The highest BCUT2D eigenvalue weighted by Crippen LogP contribution is 2.29. The molecule has 1 aliphatic carbocycles. The predicted molar refractivity (Wildman–Crippen MR) is 109 cm³/mol. The summed E-state index contributed by atoms with van der Waals surface area (Å²) in [7, 11) is 0. The first-order valence-corrected chi connectivity index (χ1v) is 9.88. The van der Waals surface area contributed by atoms with Crippen LogP contribution in [0.15, 0.2) is 54.6 Å². The minimum atomic E-state index is -0.535. The SMILES string of the molecule is CC(=O)N[C@H](CC(=O)OCC(=O)N[C@H]1CCCc2ccccc21)c1ccccc1. The number of rotatable bonds is 7. The molecule has 0 saturated carbocycles. The number of hydrogen-bond donors (Lipinski definition) is 2. The van der Waals surface area contributed by atoms with Crippen LogP contribution in [-0.4, -0.2) is 24.4 Å². The zero-order valence-corrected chi connectivity index (χ0v) is 16.5. The van der Waals surface area contributed by atoms with Crippen molar-refractivity contribution in [3.63, 3.8) is 0 Å². The molecule has 2 aromatic rings. The van der Waals surface area contributed by atoms with Crippen LogP contribution in [0.1, 0.15) is 55.0 Å². The van der Waals surface area contributed by atoms with Gasteiger partial charge in [0.1, 0.15) is 0 Å². The fraction of sp³-hybridized carbons (Fsp3) is 0.348. The summed E-state index contributed by atoms with van der Waals surface area (Å²) in [5.74, 6) is -1.09. The Morgan fingerprint density at radius 1 is 1.07 bits per heavy atom. The predicted octanol–water partition coefficient (Wildman–Crippen LogP) is 2.99. The van der Waals surface area contributed by atoms with Gasteiger partial charge in [-0.15, -0.1) is 0 Å². The molecule has 1 aliphatic rings. The molecular weight excluding hydrogens is 368 g/mol. The summed E-state index contributed by atoms with van der Waals surface area (Å²) in [5, 5.41) is 5.71. The summed E-state index contributed by atoms with van der Waals surface area (Å²) in [6.07, 6.45) is 2.86. The normalized spacial score (nSPS) is 16.2. The number of benzene rings is 2. The molecule has 6 heteroatoms. The molecule has 2 amide bonds. The Labute approximate surface area is 170 Å². The van der Waals surface area contributed by atoms with Crippen LogP contribution in [0.3, 0.4) is 0 Å². The first kappa shape index (κ1) is 20.6. The smallest absolute Gasteiger partial charge is 0.308 e. The second kappa shape index (κ2) is 9.87. The average Bonchev–Trinajstić information content (AvgIpc) is 2.72. The fourth-order valence-electron chi connectivity index (χ4n) is 3.69. The molecular formula is C23H26N2O4. The lowest BCUT2D eigenvalue weighted by Crippen LogP contribution is -2.35. The van der Waals surface area contributed by atoms with Gasteiger partial charge in [-0.2, -0.15) is 0 Å². The van der Waals surface area contributed by atoms with Crippen molar-refractivity contribution in [3.05, 3.63) is 71.3 Å². The van der Waals surface area contributed by atoms with Gasteiger partial charge < -0.3 is 15.4 Å². The maximum absolute atomic E-state index is 12.3. The van der Waals surface area contributed by atoms with Crippen molar-refractivity contribution in [2.24, 2.45) is 0 Å². The first-order chi connectivity index (χ1) is 14.0. The molecule has 2 aromatic carbocycles. The molecule has 0 aromatic heterocycles. The molecule has 6 nitrogen and oxygen atoms in total. The quantitative estimate of drug-likeness (QED) is 0.707. The van der Waals surface area contributed by atoms with Gasteiger partial charge in [0.2, 0.25) is 5.91 Å². The van der Waals surface area contributed by atoms with Crippen molar-refractivity contribution in [3.8, 4) is 0 Å². The van der Waals surface area contributed by atoms with Crippen molar-refractivity contribution in [1.82, 2.24) is 10.6 Å². The third kappa shape index (κ3) is 5.91. The van der Waals surface area contributed by atoms with Crippen molar-refractivity contribution in [2.75, 3.05) is 6.61 Å². The van der Waals surface area contributed by atoms with Crippen molar-refractivity contribution in [1.29, 1.82) is 0 Å². The number of nitrogens with one attached hydrogen (secondary N) is 2. The van der Waals surface area contributed by atoms with Crippen LogP contribution in [0.5, 0.6) is 0 Å². The van der Waals surface area contributed by atoms with E-state index in [-0.39, 0.29) is 30.9 Å².